The second-order valence-corrected chi connectivity index (χ2v) is 3.35. The fourth-order valence-electron chi connectivity index (χ4n) is 1.64. The highest BCUT2D eigenvalue weighted by molar-refractivity contribution is 5.03. The predicted octanol–water partition coefficient (Wildman–Crippen LogP) is 2.62. The van der Waals surface area contributed by atoms with E-state index in [1.165, 1.54) is 44.9 Å². The topological polar surface area (TPSA) is 26.0 Å². The number of hydrogen-bond donors (Lipinski definition) is 1. The first-order chi connectivity index (χ1) is 5.43. The van der Waals surface area contributed by atoms with E-state index >= 15 is 0 Å². The minimum atomic E-state index is 0.845. The van der Waals surface area contributed by atoms with Gasteiger partial charge >= 0.3 is 0 Å². The van der Waals surface area contributed by atoms with Crippen LogP contribution in [0.4, 0.5) is 0 Å². The molecule has 0 fully saturated rings. The van der Waals surface area contributed by atoms with Crippen molar-refractivity contribution in [2.24, 2.45) is 5.73 Å². The summed E-state index contributed by atoms with van der Waals surface area (Å²) in [5, 5.41) is 0. The molecule has 1 rings (SSSR count). The van der Waals surface area contributed by atoms with E-state index in [9.17, 15) is 0 Å². The molecule has 0 spiro atoms. The van der Waals surface area contributed by atoms with Crippen molar-refractivity contribution in [3.05, 3.63) is 11.6 Å². The maximum atomic E-state index is 5.46. The van der Waals surface area contributed by atoms with Crippen LogP contribution < -0.4 is 5.73 Å². The molecule has 2 N–H and O–H groups in total. The summed E-state index contributed by atoms with van der Waals surface area (Å²) < 4.78 is 0. The molecule has 0 saturated carbocycles. The van der Waals surface area contributed by atoms with E-state index in [2.05, 4.69) is 6.08 Å². The van der Waals surface area contributed by atoms with Crippen molar-refractivity contribution < 1.29 is 0 Å². The van der Waals surface area contributed by atoms with Gasteiger partial charge < -0.3 is 5.73 Å². The monoisotopic (exact) mass is 153 g/mol. The fourth-order valence-corrected chi connectivity index (χ4v) is 1.64. The van der Waals surface area contributed by atoms with Gasteiger partial charge in [0.1, 0.15) is 0 Å². The van der Waals surface area contributed by atoms with Crippen LogP contribution in [0.1, 0.15) is 44.9 Å². The Labute approximate surface area is 69.7 Å². The van der Waals surface area contributed by atoms with Crippen LogP contribution in [0.3, 0.4) is 0 Å². The smallest absolute Gasteiger partial charge is 0.00742 e. The van der Waals surface area contributed by atoms with Crippen LogP contribution in [0.15, 0.2) is 11.6 Å². The van der Waals surface area contributed by atoms with E-state index in [0.29, 0.717) is 0 Å². The Bertz CT molecular complexity index is 127. The minimum Gasteiger partial charge on any atom is -0.330 e. The summed E-state index contributed by atoms with van der Waals surface area (Å²) in [5.74, 6) is 0. The van der Waals surface area contributed by atoms with E-state index < -0.39 is 0 Å². The highest BCUT2D eigenvalue weighted by Crippen LogP contribution is 2.20. The zero-order valence-corrected chi connectivity index (χ0v) is 7.31. The SMILES string of the molecule is NCCCC1=CCCCCC1. The van der Waals surface area contributed by atoms with Crippen LogP contribution in [-0.2, 0) is 0 Å². The zero-order valence-electron chi connectivity index (χ0n) is 7.31. The maximum absolute atomic E-state index is 5.46. The molecule has 1 aliphatic carbocycles. The standard InChI is InChI=1S/C10H19N/c11-9-5-8-10-6-3-1-2-4-7-10/h6H,1-5,7-9,11H2. The van der Waals surface area contributed by atoms with Crippen LogP contribution in [0.2, 0.25) is 0 Å². The Morgan fingerprint density at radius 3 is 3.00 bits per heavy atom. The van der Waals surface area contributed by atoms with Crippen molar-refractivity contribution in [1.82, 2.24) is 0 Å². The highest BCUT2D eigenvalue weighted by atomic mass is 14.5. The first-order valence-corrected chi connectivity index (χ1v) is 4.81. The van der Waals surface area contributed by atoms with Crippen LogP contribution in [0.25, 0.3) is 0 Å². The summed E-state index contributed by atoms with van der Waals surface area (Å²) in [6, 6.07) is 0. The molecule has 1 heteroatoms. The van der Waals surface area contributed by atoms with Gasteiger partial charge in [-0.05, 0) is 45.1 Å². The summed E-state index contributed by atoms with van der Waals surface area (Å²) in [4.78, 5) is 0. The number of nitrogens with two attached hydrogens (primary N) is 1. The summed E-state index contributed by atoms with van der Waals surface area (Å²) in [6.45, 7) is 0.845. The molecular formula is C10H19N. The zero-order chi connectivity index (χ0) is 7.94. The van der Waals surface area contributed by atoms with Gasteiger partial charge in [-0.1, -0.05) is 18.1 Å². The van der Waals surface area contributed by atoms with E-state index in [-0.39, 0.29) is 0 Å². The summed E-state index contributed by atoms with van der Waals surface area (Å²) >= 11 is 0. The van der Waals surface area contributed by atoms with Gasteiger partial charge in [-0.25, -0.2) is 0 Å². The highest BCUT2D eigenvalue weighted by Gasteiger charge is 2.01. The van der Waals surface area contributed by atoms with Crippen molar-refractivity contribution in [2.75, 3.05) is 6.54 Å². The Kier molecular flexibility index (Phi) is 4.29. The molecule has 0 aromatic carbocycles. The van der Waals surface area contributed by atoms with E-state index in [0.717, 1.165) is 6.54 Å². The second kappa shape index (κ2) is 5.36. The normalized spacial score (nSPS) is 19.2. The third-order valence-electron chi connectivity index (χ3n) is 2.34. The molecule has 1 nitrogen and oxygen atoms in total. The van der Waals surface area contributed by atoms with Crippen LogP contribution in [0, 0.1) is 0 Å². The average molecular weight is 153 g/mol. The molecule has 1 aliphatic rings. The number of rotatable bonds is 3. The molecule has 11 heavy (non-hydrogen) atoms. The van der Waals surface area contributed by atoms with Gasteiger partial charge in [0.05, 0.1) is 0 Å². The molecule has 0 bridgehead atoms. The van der Waals surface area contributed by atoms with Crippen LogP contribution in [0.5, 0.6) is 0 Å². The third kappa shape index (κ3) is 3.57. The molecule has 0 heterocycles. The van der Waals surface area contributed by atoms with Gasteiger partial charge in [0, 0.05) is 0 Å². The molecule has 0 unspecified atom stereocenters. The Balaban J connectivity index is 2.23. The fraction of sp³-hybridized carbons (Fsp3) is 0.800. The van der Waals surface area contributed by atoms with Crippen molar-refractivity contribution in [3.63, 3.8) is 0 Å². The number of hydrogen-bond acceptors (Lipinski definition) is 1. The minimum absolute atomic E-state index is 0.845. The summed E-state index contributed by atoms with van der Waals surface area (Å²) in [5.41, 5.74) is 7.12. The molecule has 0 aromatic rings. The molecule has 0 radical (unpaired) electrons. The molecular weight excluding hydrogens is 134 g/mol. The second-order valence-electron chi connectivity index (χ2n) is 3.35. The number of allylic oxidation sites excluding steroid dienone is 2. The van der Waals surface area contributed by atoms with Gasteiger partial charge in [-0.15, -0.1) is 0 Å². The molecule has 64 valence electrons. The lowest BCUT2D eigenvalue weighted by Gasteiger charge is -2.02. The van der Waals surface area contributed by atoms with Crippen molar-refractivity contribution in [2.45, 2.75) is 44.9 Å². The average Bonchev–Trinajstić information content (AvgIpc) is 2.28. The van der Waals surface area contributed by atoms with Gasteiger partial charge in [-0.3, -0.25) is 0 Å². The van der Waals surface area contributed by atoms with Gasteiger partial charge in [0.25, 0.3) is 0 Å². The predicted molar refractivity (Wildman–Crippen MR) is 49.5 cm³/mol. The largest absolute Gasteiger partial charge is 0.330 e. The quantitative estimate of drug-likeness (QED) is 0.620. The van der Waals surface area contributed by atoms with E-state index in [4.69, 9.17) is 5.73 Å². The van der Waals surface area contributed by atoms with Crippen molar-refractivity contribution in [3.8, 4) is 0 Å². The first-order valence-electron chi connectivity index (χ1n) is 4.81. The third-order valence-corrected chi connectivity index (χ3v) is 2.34. The van der Waals surface area contributed by atoms with Gasteiger partial charge in [-0.2, -0.15) is 0 Å². The van der Waals surface area contributed by atoms with Crippen molar-refractivity contribution in [1.29, 1.82) is 0 Å². The molecule has 0 aromatic heterocycles. The first kappa shape index (κ1) is 8.79. The molecule has 0 saturated heterocycles. The summed E-state index contributed by atoms with van der Waals surface area (Å²) in [6.07, 6.45) is 11.7. The van der Waals surface area contributed by atoms with Gasteiger partial charge in [0.2, 0.25) is 0 Å². The van der Waals surface area contributed by atoms with E-state index in [1.54, 1.807) is 5.57 Å². The van der Waals surface area contributed by atoms with Crippen molar-refractivity contribution >= 4 is 0 Å². The lowest BCUT2D eigenvalue weighted by Crippen LogP contribution is -1.98. The lowest BCUT2D eigenvalue weighted by atomic mass is 10.1. The maximum Gasteiger partial charge on any atom is -0.00742 e. The Hall–Kier alpha value is -0.300. The van der Waals surface area contributed by atoms with Crippen LogP contribution in [-0.4, -0.2) is 6.54 Å². The molecule has 0 amide bonds. The Morgan fingerprint density at radius 1 is 1.27 bits per heavy atom. The van der Waals surface area contributed by atoms with Crippen LogP contribution >= 0.6 is 0 Å². The van der Waals surface area contributed by atoms with Gasteiger partial charge in [0.15, 0.2) is 0 Å². The lowest BCUT2D eigenvalue weighted by molar-refractivity contribution is 0.695. The molecule has 0 atom stereocenters. The summed E-state index contributed by atoms with van der Waals surface area (Å²) in [7, 11) is 0. The molecule has 0 aliphatic heterocycles. The Morgan fingerprint density at radius 2 is 2.18 bits per heavy atom. The van der Waals surface area contributed by atoms with E-state index in [1.807, 2.05) is 0 Å².